The molecular weight excluding hydrogens is 424 g/mol. The predicted octanol–water partition coefficient (Wildman–Crippen LogP) is 3.36. The standard InChI is InChI=1S/C30H21O4/c1-21-10-9-17-29(22(21)2)34-30(26-14-6-3-11-23(26)18-31,27-15-7-4-12-24(27)19-32)28-16-8-5-13-25(28)20-33/h3-9,14-17H,1-2,11-13H2. The van der Waals surface area contributed by atoms with Crippen LogP contribution in [-0.2, 0) is 14.4 Å². The first kappa shape index (κ1) is 22.7. The zero-order valence-corrected chi connectivity index (χ0v) is 18.5. The molecule has 34 heavy (non-hydrogen) atoms. The van der Waals surface area contributed by atoms with Crippen molar-refractivity contribution in [2.75, 3.05) is 0 Å². The summed E-state index contributed by atoms with van der Waals surface area (Å²) in [6, 6.07) is 6.35. The Balaban J connectivity index is 2.18. The van der Waals surface area contributed by atoms with Gasteiger partial charge in [0, 0.05) is 57.9 Å². The molecule has 0 N–H and O–H groups in total. The summed E-state index contributed by atoms with van der Waals surface area (Å²) in [6.45, 7) is 8.05. The lowest BCUT2D eigenvalue weighted by Gasteiger charge is -2.42. The number of hydrogen-bond donors (Lipinski definition) is 0. The third kappa shape index (κ3) is 3.79. The SMILES string of the molecule is C=c1[c]ccc(OC(C2=CC=CCC2=C=O)(C2=CC=CCC2=C=O)C2=CC=CCC2=C=O)c1=C. The summed E-state index contributed by atoms with van der Waals surface area (Å²) in [5.41, 5.74) is 0.960. The van der Waals surface area contributed by atoms with E-state index >= 15 is 0 Å². The van der Waals surface area contributed by atoms with Gasteiger partial charge < -0.3 is 4.74 Å². The predicted molar refractivity (Wildman–Crippen MR) is 132 cm³/mol. The lowest BCUT2D eigenvalue weighted by molar-refractivity contribution is 0.187. The third-order valence-corrected chi connectivity index (χ3v) is 6.06. The second-order valence-electron chi connectivity index (χ2n) is 7.96. The molecule has 0 heterocycles. The van der Waals surface area contributed by atoms with Gasteiger partial charge in [0.15, 0.2) is 5.60 Å². The monoisotopic (exact) mass is 445 g/mol. The first-order valence-corrected chi connectivity index (χ1v) is 10.8. The number of benzene rings is 1. The first-order chi connectivity index (χ1) is 16.6. The minimum absolute atomic E-state index is 0.327. The zero-order valence-electron chi connectivity index (χ0n) is 18.5. The summed E-state index contributed by atoms with van der Waals surface area (Å²) in [7, 11) is 0. The molecule has 0 aromatic heterocycles. The highest BCUT2D eigenvalue weighted by atomic mass is 16.5. The van der Waals surface area contributed by atoms with Crippen molar-refractivity contribution in [3.05, 3.63) is 117 Å². The van der Waals surface area contributed by atoms with Crippen molar-refractivity contribution in [3.63, 3.8) is 0 Å². The normalized spacial score (nSPS) is 18.7. The van der Waals surface area contributed by atoms with Gasteiger partial charge in [-0.05, 0) is 17.4 Å². The average Bonchev–Trinajstić information content (AvgIpc) is 2.89. The fourth-order valence-electron chi connectivity index (χ4n) is 4.38. The van der Waals surface area contributed by atoms with Gasteiger partial charge in [-0.25, -0.2) is 14.4 Å². The Morgan fingerprint density at radius 2 is 1.21 bits per heavy atom. The van der Waals surface area contributed by atoms with E-state index < -0.39 is 5.60 Å². The lowest BCUT2D eigenvalue weighted by Crippen LogP contribution is -2.47. The summed E-state index contributed by atoms with van der Waals surface area (Å²) in [4.78, 5) is 36.3. The van der Waals surface area contributed by atoms with E-state index in [1.165, 1.54) is 0 Å². The van der Waals surface area contributed by atoms with Crippen LogP contribution < -0.4 is 15.2 Å². The number of carbonyl (C=O) groups excluding carboxylic acids is 3. The highest BCUT2D eigenvalue weighted by Crippen LogP contribution is 2.48. The fourth-order valence-corrected chi connectivity index (χ4v) is 4.38. The number of rotatable bonds is 5. The maximum atomic E-state index is 12.1. The average molecular weight is 445 g/mol. The number of hydrogen-bond acceptors (Lipinski definition) is 4. The minimum atomic E-state index is -1.53. The van der Waals surface area contributed by atoms with Crippen molar-refractivity contribution in [2.24, 2.45) is 0 Å². The molecule has 1 radical (unpaired) electrons. The number of allylic oxidation sites excluding steroid dienone is 9. The van der Waals surface area contributed by atoms with E-state index in [9.17, 15) is 14.4 Å². The molecular formula is C30H21O4. The van der Waals surface area contributed by atoms with Gasteiger partial charge in [0.2, 0.25) is 0 Å². The van der Waals surface area contributed by atoms with Crippen LogP contribution in [0.4, 0.5) is 0 Å². The molecule has 0 saturated carbocycles. The summed E-state index contributed by atoms with van der Waals surface area (Å²) >= 11 is 0. The molecule has 4 rings (SSSR count). The Labute approximate surface area is 197 Å². The second-order valence-corrected chi connectivity index (χ2v) is 7.96. The molecule has 0 spiro atoms. The minimum Gasteiger partial charge on any atom is -0.472 e. The maximum absolute atomic E-state index is 12.1. The summed E-state index contributed by atoms with van der Waals surface area (Å²) in [6.07, 6.45) is 17.2. The second kappa shape index (κ2) is 9.58. The van der Waals surface area contributed by atoms with Crippen molar-refractivity contribution < 1.29 is 19.1 Å². The molecule has 165 valence electrons. The molecule has 0 atom stereocenters. The van der Waals surface area contributed by atoms with Crippen LogP contribution in [0.1, 0.15) is 19.3 Å². The van der Waals surface area contributed by atoms with E-state index in [1.54, 1.807) is 30.4 Å². The van der Waals surface area contributed by atoms with E-state index in [-0.39, 0.29) is 0 Å². The van der Waals surface area contributed by atoms with E-state index in [0.29, 0.717) is 68.9 Å². The molecule has 3 aliphatic rings. The van der Waals surface area contributed by atoms with E-state index in [2.05, 4.69) is 19.2 Å². The van der Waals surface area contributed by atoms with E-state index in [0.717, 1.165) is 0 Å². The van der Waals surface area contributed by atoms with Crippen LogP contribution >= 0.6 is 0 Å². The van der Waals surface area contributed by atoms with Crippen LogP contribution in [0.3, 0.4) is 0 Å². The quantitative estimate of drug-likeness (QED) is 0.653. The van der Waals surface area contributed by atoms with Gasteiger partial charge >= 0.3 is 0 Å². The highest BCUT2D eigenvalue weighted by Gasteiger charge is 2.49. The van der Waals surface area contributed by atoms with E-state index in [1.807, 2.05) is 54.3 Å². The Hall–Kier alpha value is -4.45. The molecule has 0 unspecified atom stereocenters. The van der Waals surface area contributed by atoms with Crippen molar-refractivity contribution in [1.29, 1.82) is 0 Å². The van der Waals surface area contributed by atoms with Crippen LogP contribution in [-0.4, -0.2) is 23.4 Å². The molecule has 0 fully saturated rings. The lowest BCUT2D eigenvalue weighted by atomic mass is 9.68. The smallest absolute Gasteiger partial charge is 0.187 e. The Bertz CT molecular complexity index is 1360. The van der Waals surface area contributed by atoms with Gasteiger partial charge in [0.25, 0.3) is 0 Å². The van der Waals surface area contributed by atoms with Crippen LogP contribution in [0, 0.1) is 6.07 Å². The largest absolute Gasteiger partial charge is 0.472 e. The van der Waals surface area contributed by atoms with Crippen molar-refractivity contribution >= 4 is 31.0 Å². The molecule has 0 bridgehead atoms. The molecule has 1 aromatic carbocycles. The Morgan fingerprint density at radius 3 is 1.62 bits per heavy atom. The third-order valence-electron chi connectivity index (χ3n) is 6.06. The summed E-state index contributed by atoms with van der Waals surface area (Å²) < 4.78 is 6.80. The van der Waals surface area contributed by atoms with Crippen LogP contribution in [0.15, 0.2) is 100 Å². The summed E-state index contributed by atoms with van der Waals surface area (Å²) in [5.74, 6) is 6.51. The van der Waals surface area contributed by atoms with Gasteiger partial charge in [-0.3, -0.25) is 0 Å². The fraction of sp³-hybridized carbons (Fsp3) is 0.133. The van der Waals surface area contributed by atoms with Crippen molar-refractivity contribution in [1.82, 2.24) is 0 Å². The molecule has 3 aliphatic carbocycles. The zero-order chi connectivity index (χ0) is 24.1. The van der Waals surface area contributed by atoms with E-state index in [4.69, 9.17) is 4.74 Å². The Morgan fingerprint density at radius 1 is 0.765 bits per heavy atom. The molecule has 4 nitrogen and oxygen atoms in total. The maximum Gasteiger partial charge on any atom is 0.187 e. The molecule has 4 heteroatoms. The molecule has 1 aromatic rings. The van der Waals surface area contributed by atoms with Gasteiger partial charge in [-0.2, -0.15) is 0 Å². The van der Waals surface area contributed by atoms with Crippen molar-refractivity contribution in [3.8, 4) is 5.75 Å². The Kier molecular flexibility index (Phi) is 6.41. The van der Waals surface area contributed by atoms with Gasteiger partial charge in [-0.1, -0.05) is 73.9 Å². The van der Waals surface area contributed by atoms with Crippen LogP contribution in [0.25, 0.3) is 13.2 Å². The first-order valence-electron chi connectivity index (χ1n) is 10.8. The highest BCUT2D eigenvalue weighted by molar-refractivity contribution is 5.79. The molecule has 0 amide bonds. The van der Waals surface area contributed by atoms with Gasteiger partial charge in [-0.15, -0.1) is 0 Å². The summed E-state index contributed by atoms with van der Waals surface area (Å²) in [5, 5.41) is 1.05. The number of ether oxygens (including phenoxy) is 1. The van der Waals surface area contributed by atoms with Gasteiger partial charge in [0.1, 0.15) is 23.6 Å². The molecule has 0 aliphatic heterocycles. The van der Waals surface area contributed by atoms with Crippen LogP contribution in [0.5, 0.6) is 5.75 Å². The molecule has 0 saturated heterocycles. The van der Waals surface area contributed by atoms with Crippen molar-refractivity contribution in [2.45, 2.75) is 24.9 Å². The van der Waals surface area contributed by atoms with Crippen LogP contribution in [0.2, 0.25) is 0 Å². The topological polar surface area (TPSA) is 60.4 Å². The van der Waals surface area contributed by atoms with Gasteiger partial charge in [0.05, 0.1) is 0 Å².